The second kappa shape index (κ2) is 9.87. The molecule has 0 saturated heterocycles. The molecule has 2 atom stereocenters. The van der Waals surface area contributed by atoms with Crippen LogP contribution in [0.4, 0.5) is 0 Å². The number of hydrogen-bond donors (Lipinski definition) is 4. The van der Waals surface area contributed by atoms with Crippen molar-refractivity contribution in [3.8, 4) is 0 Å². The van der Waals surface area contributed by atoms with Gasteiger partial charge in [-0.05, 0) is 10.8 Å². The van der Waals surface area contributed by atoms with Crippen LogP contribution in [0, 0.1) is 10.8 Å². The third-order valence-corrected chi connectivity index (χ3v) is 8.19. The van der Waals surface area contributed by atoms with E-state index in [0.717, 1.165) is 0 Å². The van der Waals surface area contributed by atoms with Crippen molar-refractivity contribution in [2.45, 2.75) is 72.2 Å². The van der Waals surface area contributed by atoms with E-state index >= 15 is 0 Å². The van der Waals surface area contributed by atoms with Gasteiger partial charge in [-0.25, -0.2) is 9.59 Å². The lowest BCUT2D eigenvalue weighted by Gasteiger charge is -2.55. The summed E-state index contributed by atoms with van der Waals surface area (Å²) in [5.74, 6) is -3.21. The number of rotatable bonds is 9. The number of carbonyl (C=O) groups is 4. The van der Waals surface area contributed by atoms with Gasteiger partial charge in [-0.1, -0.05) is 63.1 Å². The molecule has 0 spiro atoms. The van der Waals surface area contributed by atoms with Crippen LogP contribution in [-0.4, -0.2) is 56.5 Å². The number of carboxylic acid groups (broad SMARTS) is 2. The van der Waals surface area contributed by atoms with E-state index < -0.39 is 51.4 Å². The SMILES string of the molecule is CC(=O)NC(CSSC(C(NC(C)=O)C(=O)O)(C(C)(C)C)C(C)(C)C)C(=O)O. The molecule has 0 bridgehead atoms. The number of carboxylic acids is 2. The lowest BCUT2D eigenvalue weighted by molar-refractivity contribution is -0.145. The van der Waals surface area contributed by atoms with Gasteiger partial charge in [0.25, 0.3) is 0 Å². The van der Waals surface area contributed by atoms with Crippen molar-refractivity contribution in [3.63, 3.8) is 0 Å². The van der Waals surface area contributed by atoms with Gasteiger partial charge < -0.3 is 20.8 Å². The summed E-state index contributed by atoms with van der Waals surface area (Å²) >= 11 is 0. The first-order valence-corrected chi connectivity index (χ1v) is 11.1. The largest absolute Gasteiger partial charge is 0.480 e. The molecule has 2 amide bonds. The highest BCUT2D eigenvalue weighted by Crippen LogP contribution is 2.59. The number of nitrogens with one attached hydrogen (secondary N) is 2. The van der Waals surface area contributed by atoms with E-state index in [2.05, 4.69) is 10.6 Å². The highest BCUT2D eigenvalue weighted by molar-refractivity contribution is 8.77. The summed E-state index contributed by atoms with van der Waals surface area (Å²) in [6.45, 7) is 13.9. The van der Waals surface area contributed by atoms with Gasteiger partial charge in [-0.2, -0.15) is 0 Å². The van der Waals surface area contributed by atoms with E-state index in [1.807, 2.05) is 41.5 Å². The molecule has 0 fully saturated rings. The van der Waals surface area contributed by atoms with Crippen molar-refractivity contribution in [1.29, 1.82) is 0 Å². The minimum Gasteiger partial charge on any atom is -0.480 e. The zero-order chi connectivity index (χ0) is 22.5. The molecule has 8 nitrogen and oxygen atoms in total. The molecule has 0 aromatic heterocycles. The number of amides is 2. The van der Waals surface area contributed by atoms with E-state index in [0.29, 0.717) is 0 Å². The van der Waals surface area contributed by atoms with Crippen molar-refractivity contribution in [2.75, 3.05) is 5.75 Å². The van der Waals surface area contributed by atoms with Crippen LogP contribution in [0.3, 0.4) is 0 Å². The van der Waals surface area contributed by atoms with E-state index in [-0.39, 0.29) is 5.75 Å². The summed E-state index contributed by atoms with van der Waals surface area (Å²) in [5.41, 5.74) is -1.16. The van der Waals surface area contributed by atoms with Gasteiger partial charge >= 0.3 is 11.9 Å². The number of aliphatic carboxylic acids is 2. The maximum atomic E-state index is 12.1. The van der Waals surface area contributed by atoms with Crippen LogP contribution in [-0.2, 0) is 19.2 Å². The topological polar surface area (TPSA) is 133 Å². The Balaban J connectivity index is 6.04. The first-order chi connectivity index (χ1) is 12.5. The van der Waals surface area contributed by atoms with E-state index in [1.54, 1.807) is 0 Å². The highest BCUT2D eigenvalue weighted by Gasteiger charge is 2.59. The smallest absolute Gasteiger partial charge is 0.327 e. The Morgan fingerprint density at radius 1 is 0.821 bits per heavy atom. The van der Waals surface area contributed by atoms with E-state index in [1.165, 1.54) is 35.4 Å². The standard InChI is InChI=1S/C18H32N2O6S2/c1-10(21)19-12(14(23)24)9-27-28-18(16(3,4)5,17(6,7)8)13(15(25)26)20-11(2)22/h12-13H,9H2,1-8H3,(H,19,21)(H,20,22)(H,23,24)(H,25,26). The minimum atomic E-state index is -1.20. The quantitative estimate of drug-likeness (QED) is 0.405. The lowest BCUT2D eigenvalue weighted by atomic mass is 9.62. The molecule has 162 valence electrons. The third kappa shape index (κ3) is 6.58. The zero-order valence-corrected chi connectivity index (χ0v) is 19.3. The zero-order valence-electron chi connectivity index (χ0n) is 17.7. The third-order valence-electron chi connectivity index (χ3n) is 4.33. The van der Waals surface area contributed by atoms with Crippen molar-refractivity contribution >= 4 is 45.3 Å². The molecule has 0 aromatic carbocycles. The monoisotopic (exact) mass is 436 g/mol. The van der Waals surface area contributed by atoms with Gasteiger partial charge in [-0.3, -0.25) is 9.59 Å². The molecule has 0 rings (SSSR count). The van der Waals surface area contributed by atoms with Crippen LogP contribution in [0.15, 0.2) is 0 Å². The fourth-order valence-corrected chi connectivity index (χ4v) is 7.78. The first-order valence-electron chi connectivity index (χ1n) is 8.77. The average molecular weight is 437 g/mol. The minimum absolute atomic E-state index is 0.0416. The Morgan fingerprint density at radius 2 is 1.25 bits per heavy atom. The fourth-order valence-electron chi connectivity index (χ4n) is 3.44. The molecule has 0 aliphatic rings. The lowest BCUT2D eigenvalue weighted by Crippen LogP contribution is -2.66. The van der Waals surface area contributed by atoms with Crippen LogP contribution in [0.25, 0.3) is 0 Å². The van der Waals surface area contributed by atoms with Crippen LogP contribution < -0.4 is 10.6 Å². The Hall–Kier alpha value is -1.42. The Bertz CT molecular complexity index is 596. The first kappa shape index (κ1) is 26.6. The second-order valence-electron chi connectivity index (χ2n) is 8.67. The molecule has 4 N–H and O–H groups in total. The summed E-state index contributed by atoms with van der Waals surface area (Å²) in [5, 5.41) is 24.1. The molecule has 10 heteroatoms. The summed E-state index contributed by atoms with van der Waals surface area (Å²) in [6.07, 6.45) is 0. The summed E-state index contributed by atoms with van der Waals surface area (Å²) in [4.78, 5) is 46.5. The normalized spacial score (nSPS) is 14.7. The van der Waals surface area contributed by atoms with Crippen LogP contribution >= 0.6 is 21.6 Å². The summed E-state index contributed by atoms with van der Waals surface area (Å²) in [6, 6.07) is -2.30. The van der Waals surface area contributed by atoms with Crippen molar-refractivity contribution in [3.05, 3.63) is 0 Å². The Kier molecular flexibility index (Phi) is 9.37. The predicted molar refractivity (Wildman–Crippen MR) is 112 cm³/mol. The fraction of sp³-hybridized carbons (Fsp3) is 0.778. The van der Waals surface area contributed by atoms with Crippen molar-refractivity contribution in [1.82, 2.24) is 10.6 Å². The van der Waals surface area contributed by atoms with Gasteiger partial charge in [0.05, 0.1) is 4.75 Å². The maximum absolute atomic E-state index is 12.1. The van der Waals surface area contributed by atoms with Crippen LogP contribution in [0.2, 0.25) is 0 Å². The number of hydrogen-bond acceptors (Lipinski definition) is 6. The molecular weight excluding hydrogens is 404 g/mol. The second-order valence-corrected chi connectivity index (χ2v) is 11.3. The van der Waals surface area contributed by atoms with Gasteiger partial charge in [0.1, 0.15) is 12.1 Å². The molecular formula is C18H32N2O6S2. The summed E-state index contributed by atoms with van der Waals surface area (Å²) < 4.78 is -0.999. The van der Waals surface area contributed by atoms with Crippen molar-refractivity contribution < 1.29 is 29.4 Å². The Morgan fingerprint density at radius 3 is 1.54 bits per heavy atom. The molecule has 0 radical (unpaired) electrons. The van der Waals surface area contributed by atoms with Gasteiger partial charge in [0.15, 0.2) is 0 Å². The maximum Gasteiger partial charge on any atom is 0.327 e. The predicted octanol–water partition coefficient (Wildman–Crippen LogP) is 2.38. The molecule has 0 aromatic rings. The molecule has 0 aliphatic heterocycles. The molecule has 0 aliphatic carbocycles. The Labute approximate surface area is 174 Å². The van der Waals surface area contributed by atoms with E-state index in [9.17, 15) is 29.4 Å². The van der Waals surface area contributed by atoms with Crippen LogP contribution in [0.1, 0.15) is 55.4 Å². The van der Waals surface area contributed by atoms with Crippen LogP contribution in [0.5, 0.6) is 0 Å². The van der Waals surface area contributed by atoms with E-state index in [4.69, 9.17) is 0 Å². The van der Waals surface area contributed by atoms with Gasteiger partial charge in [0.2, 0.25) is 11.8 Å². The van der Waals surface area contributed by atoms with Gasteiger partial charge in [-0.15, -0.1) is 0 Å². The number of carbonyl (C=O) groups excluding carboxylic acids is 2. The van der Waals surface area contributed by atoms with Gasteiger partial charge in [0, 0.05) is 19.6 Å². The van der Waals surface area contributed by atoms with Crippen molar-refractivity contribution in [2.24, 2.45) is 10.8 Å². The average Bonchev–Trinajstić information content (AvgIpc) is 2.44. The molecule has 2 unspecified atom stereocenters. The molecule has 0 saturated carbocycles. The molecule has 28 heavy (non-hydrogen) atoms. The summed E-state index contributed by atoms with van der Waals surface area (Å²) in [7, 11) is 2.41. The molecule has 0 heterocycles. The highest BCUT2D eigenvalue weighted by atomic mass is 33.1.